The van der Waals surface area contributed by atoms with E-state index in [1.807, 2.05) is 38.7 Å². The average molecular weight is 333 g/mol. The molecule has 0 unspecified atom stereocenters. The van der Waals surface area contributed by atoms with Gasteiger partial charge in [-0.1, -0.05) is 11.6 Å². The molecule has 1 amide bonds. The van der Waals surface area contributed by atoms with Gasteiger partial charge in [0, 0.05) is 29.5 Å². The first-order valence-electron chi connectivity index (χ1n) is 7.62. The Hall–Kier alpha value is -2.14. The molecular formula is C17H21ClN4O. The number of hydrogen-bond donors (Lipinski definition) is 1. The van der Waals surface area contributed by atoms with E-state index in [9.17, 15) is 4.79 Å². The Morgan fingerprint density at radius 2 is 1.87 bits per heavy atom. The van der Waals surface area contributed by atoms with Crippen LogP contribution in [0.15, 0.2) is 24.3 Å². The van der Waals surface area contributed by atoms with Crippen LogP contribution in [-0.2, 0) is 0 Å². The average Bonchev–Trinajstić information content (AvgIpc) is 2.50. The minimum Gasteiger partial charge on any atom is -0.341 e. The summed E-state index contributed by atoms with van der Waals surface area (Å²) in [7, 11) is 0. The van der Waals surface area contributed by atoms with Crippen molar-refractivity contribution in [1.29, 1.82) is 0 Å². The summed E-state index contributed by atoms with van der Waals surface area (Å²) < 4.78 is 0. The molecule has 0 aliphatic rings. The first kappa shape index (κ1) is 17.2. The summed E-state index contributed by atoms with van der Waals surface area (Å²) in [5.74, 6) is 0.322. The molecule has 0 fully saturated rings. The van der Waals surface area contributed by atoms with Crippen molar-refractivity contribution in [2.45, 2.75) is 27.7 Å². The fourth-order valence-corrected chi connectivity index (χ4v) is 2.50. The number of amides is 1. The largest absolute Gasteiger partial charge is 0.341 e. The molecule has 0 aliphatic heterocycles. The summed E-state index contributed by atoms with van der Waals surface area (Å²) in [4.78, 5) is 23.3. The molecule has 0 atom stereocenters. The van der Waals surface area contributed by atoms with Gasteiger partial charge in [-0.25, -0.2) is 9.97 Å². The maximum absolute atomic E-state index is 12.5. The molecule has 1 aromatic heterocycles. The minimum atomic E-state index is -0.255. The number of carbonyl (C=O) groups is 1. The lowest BCUT2D eigenvalue weighted by atomic mass is 10.2. The minimum absolute atomic E-state index is 0.255. The number of hydrogen-bond acceptors (Lipinski definition) is 4. The van der Waals surface area contributed by atoms with E-state index in [2.05, 4.69) is 15.3 Å². The molecule has 1 heterocycles. The quantitative estimate of drug-likeness (QED) is 0.903. The number of anilines is 2. The van der Waals surface area contributed by atoms with Gasteiger partial charge < -0.3 is 10.2 Å². The van der Waals surface area contributed by atoms with Gasteiger partial charge in [0.25, 0.3) is 5.91 Å². The van der Waals surface area contributed by atoms with Crippen LogP contribution >= 0.6 is 11.6 Å². The zero-order valence-electron chi connectivity index (χ0n) is 13.9. The lowest BCUT2D eigenvalue weighted by molar-refractivity contribution is 0.102. The summed E-state index contributed by atoms with van der Waals surface area (Å²) in [5.41, 5.74) is 2.74. The third-order valence-corrected chi connectivity index (χ3v) is 3.79. The van der Waals surface area contributed by atoms with Gasteiger partial charge in [0.05, 0.1) is 0 Å². The maximum atomic E-state index is 12.5. The molecule has 0 radical (unpaired) electrons. The van der Waals surface area contributed by atoms with E-state index in [1.165, 1.54) is 0 Å². The first-order chi connectivity index (χ1) is 10.9. The number of halogens is 1. The number of aryl methyl sites for hydroxylation is 2. The van der Waals surface area contributed by atoms with Crippen molar-refractivity contribution in [2.75, 3.05) is 23.3 Å². The third kappa shape index (κ3) is 4.20. The molecule has 0 saturated carbocycles. The SMILES string of the molecule is CCN(CC)c1nc(C)cc(C(=O)Nc2ccc(Cl)cc2C)n1. The summed E-state index contributed by atoms with van der Waals surface area (Å²) in [5, 5.41) is 3.52. The maximum Gasteiger partial charge on any atom is 0.274 e. The van der Waals surface area contributed by atoms with Crippen LogP contribution in [0.1, 0.15) is 35.6 Å². The van der Waals surface area contributed by atoms with Gasteiger partial charge in [-0.3, -0.25) is 4.79 Å². The summed E-state index contributed by atoms with van der Waals surface area (Å²) >= 11 is 5.94. The molecule has 122 valence electrons. The molecule has 2 rings (SSSR count). The number of carbonyl (C=O) groups excluding carboxylic acids is 1. The molecule has 0 saturated heterocycles. The number of nitrogens with zero attached hydrogens (tertiary/aromatic N) is 3. The van der Waals surface area contributed by atoms with Crippen LogP contribution in [0.3, 0.4) is 0 Å². The van der Waals surface area contributed by atoms with Crippen molar-refractivity contribution in [1.82, 2.24) is 9.97 Å². The highest BCUT2D eigenvalue weighted by molar-refractivity contribution is 6.30. The Labute approximate surface area is 141 Å². The van der Waals surface area contributed by atoms with E-state index in [4.69, 9.17) is 11.6 Å². The lowest BCUT2D eigenvalue weighted by Crippen LogP contribution is -2.26. The summed E-state index contributed by atoms with van der Waals surface area (Å²) in [6.45, 7) is 9.40. The van der Waals surface area contributed by atoms with Gasteiger partial charge >= 0.3 is 0 Å². The van der Waals surface area contributed by atoms with Crippen LogP contribution in [0.2, 0.25) is 5.02 Å². The number of nitrogens with one attached hydrogen (secondary N) is 1. The number of benzene rings is 1. The van der Waals surface area contributed by atoms with Crippen LogP contribution in [0.4, 0.5) is 11.6 Å². The Kier molecular flexibility index (Phi) is 5.55. The van der Waals surface area contributed by atoms with E-state index in [0.717, 1.165) is 30.0 Å². The van der Waals surface area contributed by atoms with Crippen LogP contribution in [0.5, 0.6) is 0 Å². The molecule has 1 N–H and O–H groups in total. The van der Waals surface area contributed by atoms with E-state index < -0.39 is 0 Å². The first-order valence-corrected chi connectivity index (χ1v) is 8.00. The Morgan fingerprint density at radius 3 is 2.48 bits per heavy atom. The molecule has 0 aliphatic carbocycles. The smallest absolute Gasteiger partial charge is 0.274 e. The van der Waals surface area contributed by atoms with Gasteiger partial charge in [0.15, 0.2) is 0 Å². The van der Waals surface area contributed by atoms with Gasteiger partial charge in [-0.15, -0.1) is 0 Å². The predicted octanol–water partition coefficient (Wildman–Crippen LogP) is 3.85. The van der Waals surface area contributed by atoms with E-state index >= 15 is 0 Å². The topological polar surface area (TPSA) is 58.1 Å². The van der Waals surface area contributed by atoms with Crippen molar-refractivity contribution in [3.05, 3.63) is 46.2 Å². The van der Waals surface area contributed by atoms with E-state index in [1.54, 1.807) is 18.2 Å². The Balaban J connectivity index is 2.28. The van der Waals surface area contributed by atoms with E-state index in [-0.39, 0.29) is 5.91 Å². The highest BCUT2D eigenvalue weighted by atomic mass is 35.5. The standard InChI is InChI=1S/C17H21ClN4O/c1-5-22(6-2)17-19-12(4)10-15(21-17)16(23)20-14-8-7-13(18)9-11(14)3/h7-10H,5-6H2,1-4H3,(H,20,23). The Bertz CT molecular complexity index is 714. The summed E-state index contributed by atoms with van der Waals surface area (Å²) in [6, 6.07) is 7.03. The van der Waals surface area contributed by atoms with Crippen molar-refractivity contribution < 1.29 is 4.79 Å². The monoisotopic (exact) mass is 332 g/mol. The highest BCUT2D eigenvalue weighted by Crippen LogP contribution is 2.20. The Morgan fingerprint density at radius 1 is 1.17 bits per heavy atom. The number of rotatable bonds is 5. The number of aromatic nitrogens is 2. The van der Waals surface area contributed by atoms with Gasteiger partial charge in [-0.05, 0) is 57.5 Å². The molecule has 0 bridgehead atoms. The molecular weight excluding hydrogens is 312 g/mol. The third-order valence-electron chi connectivity index (χ3n) is 3.56. The van der Waals surface area contributed by atoms with Gasteiger partial charge in [0.2, 0.25) is 5.95 Å². The zero-order chi connectivity index (χ0) is 17.0. The van der Waals surface area contributed by atoms with Crippen molar-refractivity contribution >= 4 is 29.1 Å². The van der Waals surface area contributed by atoms with Crippen molar-refractivity contribution in [2.24, 2.45) is 0 Å². The fraction of sp³-hybridized carbons (Fsp3) is 0.353. The fourth-order valence-electron chi connectivity index (χ4n) is 2.27. The lowest BCUT2D eigenvalue weighted by Gasteiger charge is -2.19. The van der Waals surface area contributed by atoms with E-state index in [0.29, 0.717) is 16.7 Å². The molecule has 23 heavy (non-hydrogen) atoms. The van der Waals surface area contributed by atoms with Crippen LogP contribution < -0.4 is 10.2 Å². The van der Waals surface area contributed by atoms with Gasteiger partial charge in [0.1, 0.15) is 5.69 Å². The second-order valence-corrected chi connectivity index (χ2v) is 5.72. The normalized spacial score (nSPS) is 10.5. The van der Waals surface area contributed by atoms with Gasteiger partial charge in [-0.2, -0.15) is 0 Å². The predicted molar refractivity (Wildman–Crippen MR) is 94.5 cm³/mol. The second-order valence-electron chi connectivity index (χ2n) is 5.28. The highest BCUT2D eigenvalue weighted by Gasteiger charge is 2.14. The molecule has 5 nitrogen and oxygen atoms in total. The van der Waals surface area contributed by atoms with Crippen LogP contribution in [-0.4, -0.2) is 29.0 Å². The van der Waals surface area contributed by atoms with Crippen molar-refractivity contribution in [3.63, 3.8) is 0 Å². The molecule has 0 spiro atoms. The van der Waals surface area contributed by atoms with Crippen LogP contribution in [0.25, 0.3) is 0 Å². The summed E-state index contributed by atoms with van der Waals surface area (Å²) in [6.07, 6.45) is 0. The molecule has 6 heteroatoms. The molecule has 1 aromatic carbocycles. The van der Waals surface area contributed by atoms with Crippen molar-refractivity contribution in [3.8, 4) is 0 Å². The zero-order valence-corrected chi connectivity index (χ0v) is 14.6. The van der Waals surface area contributed by atoms with Crippen LogP contribution in [0, 0.1) is 13.8 Å². The molecule has 2 aromatic rings. The second kappa shape index (κ2) is 7.42.